The summed E-state index contributed by atoms with van der Waals surface area (Å²) in [5, 5.41) is 3.65. The first-order valence-corrected chi connectivity index (χ1v) is 7.01. The third kappa shape index (κ3) is 3.90. The van der Waals surface area contributed by atoms with Crippen LogP contribution in [0.2, 0.25) is 0 Å². The van der Waals surface area contributed by atoms with E-state index in [0.717, 1.165) is 17.0 Å². The molecule has 130 valence electrons. The highest BCUT2D eigenvalue weighted by atomic mass is 19.4. The molecule has 25 heavy (non-hydrogen) atoms. The summed E-state index contributed by atoms with van der Waals surface area (Å²) in [6, 6.07) is 5.59. The van der Waals surface area contributed by atoms with Gasteiger partial charge in [-0.05, 0) is 17.7 Å². The molecule has 2 aromatic heterocycles. The number of nitrogens with zero attached hydrogens (tertiary/aromatic N) is 4. The van der Waals surface area contributed by atoms with Crippen molar-refractivity contribution < 1.29 is 22.1 Å². The lowest BCUT2D eigenvalue weighted by Crippen LogP contribution is -2.19. The van der Waals surface area contributed by atoms with Crippen LogP contribution in [0.3, 0.4) is 0 Å². The second-order valence-corrected chi connectivity index (χ2v) is 5.17. The van der Waals surface area contributed by atoms with Crippen molar-refractivity contribution in [2.45, 2.75) is 19.1 Å². The third-order valence-corrected chi connectivity index (χ3v) is 3.34. The van der Waals surface area contributed by atoms with Gasteiger partial charge in [0.2, 0.25) is 5.82 Å². The summed E-state index contributed by atoms with van der Waals surface area (Å²) in [5.41, 5.74) is 0.964. The Morgan fingerprint density at radius 1 is 1.04 bits per heavy atom. The maximum atomic E-state index is 12.9. The molecule has 0 aliphatic heterocycles. The lowest BCUT2D eigenvalue weighted by Gasteiger charge is -2.07. The topological polar surface area (TPSA) is 73.8 Å². The molecule has 0 aliphatic rings. The standard InChI is InChI=1S/C15H10F4N4O2/c16-11-3-1-9(2-4-11)5-12-22-25-14(24)23(12)8-10-6-20-13(21-7-10)15(17,18)19/h1-4,6-7H,5,8H2. The van der Waals surface area contributed by atoms with Crippen molar-refractivity contribution >= 4 is 0 Å². The quantitative estimate of drug-likeness (QED) is 0.673. The fourth-order valence-electron chi connectivity index (χ4n) is 2.13. The zero-order valence-corrected chi connectivity index (χ0v) is 12.5. The second-order valence-electron chi connectivity index (χ2n) is 5.17. The summed E-state index contributed by atoms with van der Waals surface area (Å²) in [6.45, 7) is -0.100. The van der Waals surface area contributed by atoms with Crippen LogP contribution in [0, 0.1) is 5.82 Å². The number of aromatic nitrogens is 4. The average Bonchev–Trinajstić information content (AvgIpc) is 2.90. The first kappa shape index (κ1) is 16.8. The molecule has 0 saturated carbocycles. The number of rotatable bonds is 4. The van der Waals surface area contributed by atoms with E-state index in [-0.39, 0.29) is 24.4 Å². The fourth-order valence-corrected chi connectivity index (χ4v) is 2.13. The Hall–Kier alpha value is -3.04. The molecule has 0 amide bonds. The van der Waals surface area contributed by atoms with Crippen LogP contribution >= 0.6 is 0 Å². The summed E-state index contributed by atoms with van der Waals surface area (Å²) in [6.07, 6.45) is -2.48. The van der Waals surface area contributed by atoms with E-state index in [9.17, 15) is 22.4 Å². The molecule has 0 radical (unpaired) electrons. The van der Waals surface area contributed by atoms with E-state index in [1.807, 2.05) is 0 Å². The minimum atomic E-state index is -4.64. The van der Waals surface area contributed by atoms with Gasteiger partial charge in [-0.2, -0.15) is 13.2 Å². The SMILES string of the molecule is O=c1onc(Cc2ccc(F)cc2)n1Cc1cnc(C(F)(F)F)nc1. The molecule has 0 unspecified atom stereocenters. The fraction of sp³-hybridized carbons (Fsp3) is 0.200. The van der Waals surface area contributed by atoms with Crippen molar-refractivity contribution in [2.75, 3.05) is 0 Å². The van der Waals surface area contributed by atoms with Crippen LogP contribution in [0.1, 0.15) is 22.8 Å². The molecule has 0 N–H and O–H groups in total. The molecule has 0 fully saturated rings. The Morgan fingerprint density at radius 2 is 1.68 bits per heavy atom. The molecule has 3 rings (SSSR count). The minimum Gasteiger partial charge on any atom is -0.296 e. The highest BCUT2D eigenvalue weighted by Gasteiger charge is 2.34. The summed E-state index contributed by atoms with van der Waals surface area (Å²) in [4.78, 5) is 18.2. The molecule has 0 atom stereocenters. The van der Waals surface area contributed by atoms with Crippen LogP contribution in [-0.4, -0.2) is 19.7 Å². The Morgan fingerprint density at radius 3 is 2.28 bits per heavy atom. The minimum absolute atomic E-state index is 0.100. The van der Waals surface area contributed by atoms with Gasteiger partial charge in [0.15, 0.2) is 5.82 Å². The molecule has 3 aromatic rings. The summed E-state index contributed by atoms with van der Waals surface area (Å²) in [7, 11) is 0. The maximum Gasteiger partial charge on any atom is 0.451 e. The Kier molecular flexibility index (Phi) is 4.34. The molecular formula is C15H10F4N4O2. The van der Waals surface area contributed by atoms with Gasteiger partial charge in [0.1, 0.15) is 5.82 Å². The number of halogens is 4. The first-order valence-electron chi connectivity index (χ1n) is 7.01. The predicted octanol–water partition coefficient (Wildman–Crippen LogP) is 2.42. The van der Waals surface area contributed by atoms with Crippen LogP contribution in [0.15, 0.2) is 46.0 Å². The Balaban J connectivity index is 1.82. The highest BCUT2D eigenvalue weighted by molar-refractivity contribution is 5.20. The Bertz CT molecular complexity index is 914. The number of benzene rings is 1. The van der Waals surface area contributed by atoms with Gasteiger partial charge >= 0.3 is 11.9 Å². The van der Waals surface area contributed by atoms with Crippen molar-refractivity contribution in [3.63, 3.8) is 0 Å². The third-order valence-electron chi connectivity index (χ3n) is 3.34. The monoisotopic (exact) mass is 354 g/mol. The van der Waals surface area contributed by atoms with Gasteiger partial charge in [-0.15, -0.1) is 0 Å². The van der Waals surface area contributed by atoms with Crippen molar-refractivity contribution in [1.82, 2.24) is 19.7 Å². The molecule has 6 nitrogen and oxygen atoms in total. The van der Waals surface area contributed by atoms with E-state index in [1.54, 1.807) is 0 Å². The van der Waals surface area contributed by atoms with Gasteiger partial charge in [-0.3, -0.25) is 9.09 Å². The van der Waals surface area contributed by atoms with E-state index in [0.29, 0.717) is 5.56 Å². The van der Waals surface area contributed by atoms with Crippen molar-refractivity contribution in [3.8, 4) is 0 Å². The van der Waals surface area contributed by atoms with Crippen LogP contribution in [-0.2, 0) is 19.1 Å². The van der Waals surface area contributed by atoms with Gasteiger partial charge < -0.3 is 0 Å². The van der Waals surface area contributed by atoms with Crippen molar-refractivity contribution in [1.29, 1.82) is 0 Å². The number of hydrogen-bond acceptors (Lipinski definition) is 5. The van der Waals surface area contributed by atoms with Crippen molar-refractivity contribution in [3.05, 3.63) is 75.8 Å². The largest absolute Gasteiger partial charge is 0.451 e. The van der Waals surface area contributed by atoms with Gasteiger partial charge in [-0.1, -0.05) is 17.3 Å². The highest BCUT2D eigenvalue weighted by Crippen LogP contribution is 2.25. The van der Waals surface area contributed by atoms with Gasteiger partial charge in [0.25, 0.3) is 0 Å². The van der Waals surface area contributed by atoms with E-state index in [2.05, 4.69) is 19.6 Å². The lowest BCUT2D eigenvalue weighted by molar-refractivity contribution is -0.145. The predicted molar refractivity (Wildman–Crippen MR) is 76.1 cm³/mol. The normalized spacial score (nSPS) is 11.7. The number of alkyl halides is 3. The van der Waals surface area contributed by atoms with E-state index in [4.69, 9.17) is 0 Å². The van der Waals surface area contributed by atoms with Crippen LogP contribution in [0.5, 0.6) is 0 Å². The van der Waals surface area contributed by atoms with Gasteiger partial charge in [0, 0.05) is 24.4 Å². The smallest absolute Gasteiger partial charge is 0.296 e. The zero-order valence-electron chi connectivity index (χ0n) is 12.5. The molecular weight excluding hydrogens is 344 g/mol. The molecule has 1 aromatic carbocycles. The summed E-state index contributed by atoms with van der Waals surface area (Å²) in [5.74, 6) is -2.18. The van der Waals surface area contributed by atoms with E-state index >= 15 is 0 Å². The Labute approximate surface area is 137 Å². The molecule has 0 bridgehead atoms. The maximum absolute atomic E-state index is 12.9. The van der Waals surface area contributed by atoms with Gasteiger partial charge in [-0.25, -0.2) is 19.2 Å². The van der Waals surface area contributed by atoms with Crippen molar-refractivity contribution in [2.24, 2.45) is 0 Å². The van der Waals surface area contributed by atoms with Gasteiger partial charge in [0.05, 0.1) is 6.54 Å². The molecule has 0 spiro atoms. The van der Waals surface area contributed by atoms with Crippen LogP contribution < -0.4 is 5.76 Å². The zero-order chi connectivity index (χ0) is 18.0. The average molecular weight is 354 g/mol. The molecule has 2 heterocycles. The van der Waals surface area contributed by atoms with Crippen LogP contribution in [0.25, 0.3) is 0 Å². The lowest BCUT2D eigenvalue weighted by atomic mass is 10.1. The van der Waals surface area contributed by atoms with E-state index < -0.39 is 23.6 Å². The van der Waals surface area contributed by atoms with E-state index in [1.165, 1.54) is 24.3 Å². The molecule has 10 heteroatoms. The molecule has 0 saturated heterocycles. The first-order chi connectivity index (χ1) is 11.8. The number of hydrogen-bond donors (Lipinski definition) is 0. The molecule has 0 aliphatic carbocycles. The van der Waals surface area contributed by atoms with Crippen LogP contribution in [0.4, 0.5) is 17.6 Å². The summed E-state index contributed by atoms with van der Waals surface area (Å²) < 4.78 is 56.1. The second kappa shape index (κ2) is 6.46. The summed E-state index contributed by atoms with van der Waals surface area (Å²) >= 11 is 0.